The van der Waals surface area contributed by atoms with Crippen molar-refractivity contribution in [2.75, 3.05) is 7.11 Å². The lowest BCUT2D eigenvalue weighted by Gasteiger charge is -2.02. The number of benzene rings is 1. The largest absolute Gasteiger partial charge is 0.505 e. The second-order valence-electron chi connectivity index (χ2n) is 2.80. The zero-order chi connectivity index (χ0) is 10.6. The van der Waals surface area contributed by atoms with Gasteiger partial charge in [-0.15, -0.1) is 0 Å². The fourth-order valence-electron chi connectivity index (χ4n) is 1.02. The number of aliphatic hydroxyl groups is 3. The number of rotatable bonds is 3. The molecule has 0 aliphatic heterocycles. The van der Waals surface area contributed by atoms with E-state index >= 15 is 0 Å². The third kappa shape index (κ3) is 2.58. The van der Waals surface area contributed by atoms with Crippen LogP contribution in [-0.4, -0.2) is 22.4 Å². The van der Waals surface area contributed by atoms with Gasteiger partial charge >= 0.3 is 5.95 Å². The molecular weight excluding hydrogens is 184 g/mol. The average Bonchev–Trinajstić information content (AvgIpc) is 2.19. The fraction of sp³-hybridized carbons (Fsp3) is 0.200. The molecule has 0 heterocycles. The van der Waals surface area contributed by atoms with Gasteiger partial charge < -0.3 is 20.1 Å². The Bertz CT molecular complexity index is 322. The van der Waals surface area contributed by atoms with E-state index in [0.29, 0.717) is 5.75 Å². The maximum Gasteiger partial charge on any atom is 0.314 e. The summed E-state index contributed by atoms with van der Waals surface area (Å²) >= 11 is 0. The first-order valence-electron chi connectivity index (χ1n) is 4.06. The summed E-state index contributed by atoms with van der Waals surface area (Å²) in [6, 6.07) is 6.93. The van der Waals surface area contributed by atoms with E-state index in [2.05, 4.69) is 0 Å². The predicted octanol–water partition coefficient (Wildman–Crippen LogP) is 2.08. The van der Waals surface area contributed by atoms with Crippen LogP contribution in [0.4, 0.5) is 0 Å². The van der Waals surface area contributed by atoms with Gasteiger partial charge in [-0.3, -0.25) is 0 Å². The van der Waals surface area contributed by atoms with Gasteiger partial charge in [-0.25, -0.2) is 0 Å². The van der Waals surface area contributed by atoms with E-state index in [1.165, 1.54) is 0 Å². The van der Waals surface area contributed by atoms with Crippen molar-refractivity contribution in [3.63, 3.8) is 0 Å². The Morgan fingerprint density at radius 3 is 2.14 bits per heavy atom. The first-order valence-corrected chi connectivity index (χ1v) is 4.06. The molecule has 1 aromatic rings. The first kappa shape index (κ1) is 10.2. The molecule has 0 saturated heterocycles. The minimum Gasteiger partial charge on any atom is -0.505 e. The van der Waals surface area contributed by atoms with Crippen molar-refractivity contribution in [2.45, 2.75) is 6.42 Å². The summed E-state index contributed by atoms with van der Waals surface area (Å²) in [5.74, 6) is -0.776. The molecule has 0 fully saturated rings. The third-order valence-electron chi connectivity index (χ3n) is 1.79. The van der Waals surface area contributed by atoms with Crippen LogP contribution in [0.5, 0.6) is 5.75 Å². The molecule has 76 valence electrons. The molecule has 0 bridgehead atoms. The van der Waals surface area contributed by atoms with Crippen LogP contribution >= 0.6 is 0 Å². The summed E-state index contributed by atoms with van der Waals surface area (Å²) in [6.45, 7) is 0. The highest BCUT2D eigenvalue weighted by atomic mass is 16.5. The molecule has 0 aliphatic rings. The van der Waals surface area contributed by atoms with Gasteiger partial charge in [0.1, 0.15) is 5.75 Å². The number of allylic oxidation sites excluding steroid dienone is 1. The zero-order valence-corrected chi connectivity index (χ0v) is 7.77. The van der Waals surface area contributed by atoms with Crippen molar-refractivity contribution in [3.8, 4) is 5.75 Å². The van der Waals surface area contributed by atoms with Crippen molar-refractivity contribution in [1.82, 2.24) is 0 Å². The summed E-state index contributed by atoms with van der Waals surface area (Å²) in [5, 5.41) is 26.1. The highest BCUT2D eigenvalue weighted by Crippen LogP contribution is 2.13. The monoisotopic (exact) mass is 196 g/mol. The molecule has 0 radical (unpaired) electrons. The van der Waals surface area contributed by atoms with Crippen LogP contribution in [0.1, 0.15) is 5.56 Å². The van der Waals surface area contributed by atoms with Gasteiger partial charge in [0.25, 0.3) is 0 Å². The summed E-state index contributed by atoms with van der Waals surface area (Å²) < 4.78 is 4.95. The fourth-order valence-corrected chi connectivity index (χ4v) is 1.02. The Kier molecular flexibility index (Phi) is 3.23. The van der Waals surface area contributed by atoms with Crippen molar-refractivity contribution in [3.05, 3.63) is 41.5 Å². The van der Waals surface area contributed by atoms with E-state index in [9.17, 15) is 0 Å². The van der Waals surface area contributed by atoms with Crippen molar-refractivity contribution < 1.29 is 20.1 Å². The molecule has 0 spiro atoms. The highest BCUT2D eigenvalue weighted by molar-refractivity contribution is 5.28. The maximum atomic E-state index is 9.05. The maximum absolute atomic E-state index is 9.05. The number of hydrogen-bond donors (Lipinski definition) is 3. The highest BCUT2D eigenvalue weighted by Gasteiger charge is 2.03. The summed E-state index contributed by atoms with van der Waals surface area (Å²) in [7, 11) is 1.56. The summed E-state index contributed by atoms with van der Waals surface area (Å²) in [6.07, 6.45) is 0.0896. The third-order valence-corrected chi connectivity index (χ3v) is 1.79. The molecule has 1 aromatic carbocycles. The van der Waals surface area contributed by atoms with Crippen molar-refractivity contribution >= 4 is 0 Å². The molecule has 0 aromatic heterocycles. The molecule has 0 unspecified atom stereocenters. The predicted molar refractivity (Wildman–Crippen MR) is 51.6 cm³/mol. The minimum absolute atomic E-state index is 0.0896. The Labute approximate surface area is 81.7 Å². The second kappa shape index (κ2) is 4.41. The molecule has 0 saturated carbocycles. The standard InChI is InChI=1S/C10H12O4/c1-14-8-4-2-7(3-5-8)6-9(11)10(12)13/h2-5,11-13H,6H2,1H3. The lowest BCUT2D eigenvalue weighted by atomic mass is 10.1. The minimum atomic E-state index is -1.04. The number of methoxy groups -OCH3 is 1. The van der Waals surface area contributed by atoms with Crippen LogP contribution in [0.3, 0.4) is 0 Å². The van der Waals surface area contributed by atoms with E-state index in [0.717, 1.165) is 5.56 Å². The van der Waals surface area contributed by atoms with E-state index in [1.807, 2.05) is 0 Å². The summed E-state index contributed by atoms with van der Waals surface area (Å²) in [5.41, 5.74) is 0.768. The van der Waals surface area contributed by atoms with Gasteiger partial charge in [-0.1, -0.05) is 12.1 Å². The molecule has 14 heavy (non-hydrogen) atoms. The SMILES string of the molecule is COc1ccc(CC(O)=C(O)O)cc1. The number of hydrogen-bond acceptors (Lipinski definition) is 4. The Morgan fingerprint density at radius 2 is 1.71 bits per heavy atom. The van der Waals surface area contributed by atoms with E-state index in [1.54, 1.807) is 31.4 Å². The molecule has 0 aliphatic carbocycles. The zero-order valence-electron chi connectivity index (χ0n) is 7.77. The van der Waals surface area contributed by atoms with Crippen LogP contribution in [0.2, 0.25) is 0 Å². The van der Waals surface area contributed by atoms with Crippen molar-refractivity contribution in [2.24, 2.45) is 0 Å². The van der Waals surface area contributed by atoms with E-state index in [-0.39, 0.29) is 6.42 Å². The topological polar surface area (TPSA) is 69.9 Å². The van der Waals surface area contributed by atoms with Crippen LogP contribution in [0.15, 0.2) is 36.0 Å². The number of aliphatic hydroxyl groups excluding tert-OH is 2. The van der Waals surface area contributed by atoms with Gasteiger partial charge in [0, 0.05) is 6.42 Å². The van der Waals surface area contributed by atoms with Gasteiger partial charge in [-0.2, -0.15) is 0 Å². The number of ether oxygens (including phenoxy) is 1. The quantitative estimate of drug-likeness (QED) is 0.647. The van der Waals surface area contributed by atoms with E-state index in [4.69, 9.17) is 20.1 Å². The van der Waals surface area contributed by atoms with Crippen LogP contribution in [-0.2, 0) is 6.42 Å². The normalized spacial score (nSPS) is 9.50. The summed E-state index contributed by atoms with van der Waals surface area (Å²) in [4.78, 5) is 0. The molecule has 4 heteroatoms. The molecular formula is C10H12O4. The van der Waals surface area contributed by atoms with Gasteiger partial charge in [-0.05, 0) is 17.7 Å². The Morgan fingerprint density at radius 1 is 1.14 bits per heavy atom. The average molecular weight is 196 g/mol. The van der Waals surface area contributed by atoms with Gasteiger partial charge in [0.05, 0.1) is 7.11 Å². The second-order valence-corrected chi connectivity index (χ2v) is 2.80. The molecule has 0 amide bonds. The Hall–Kier alpha value is -1.84. The smallest absolute Gasteiger partial charge is 0.314 e. The molecule has 0 atom stereocenters. The molecule has 1 rings (SSSR count). The van der Waals surface area contributed by atoms with Gasteiger partial charge in [0.2, 0.25) is 0 Å². The molecule has 3 N–H and O–H groups in total. The first-order chi connectivity index (χ1) is 6.63. The lowest BCUT2D eigenvalue weighted by molar-refractivity contribution is 0.156. The molecule has 4 nitrogen and oxygen atoms in total. The van der Waals surface area contributed by atoms with Gasteiger partial charge in [0.15, 0.2) is 5.76 Å². The van der Waals surface area contributed by atoms with Crippen molar-refractivity contribution in [1.29, 1.82) is 0 Å². The van der Waals surface area contributed by atoms with E-state index < -0.39 is 11.7 Å². The Balaban J connectivity index is 2.74. The van der Waals surface area contributed by atoms with Crippen LogP contribution < -0.4 is 4.74 Å². The lowest BCUT2D eigenvalue weighted by Crippen LogP contribution is -1.94. The van der Waals surface area contributed by atoms with Crippen LogP contribution in [0, 0.1) is 0 Å². The van der Waals surface area contributed by atoms with Crippen LogP contribution in [0.25, 0.3) is 0 Å².